The highest BCUT2D eigenvalue weighted by Gasteiger charge is 2.07. The molecule has 0 aromatic heterocycles. The minimum atomic E-state index is -0.379. The maximum absolute atomic E-state index is 11.6. The maximum atomic E-state index is 11.6. The summed E-state index contributed by atoms with van der Waals surface area (Å²) in [7, 11) is 0. The summed E-state index contributed by atoms with van der Waals surface area (Å²) in [5.74, 6) is -0.705. The largest absolute Gasteiger partial charge is 0.456 e. The van der Waals surface area contributed by atoms with Crippen LogP contribution in [0.4, 0.5) is 0 Å². The Hall–Kier alpha value is -2.33. The van der Waals surface area contributed by atoms with Gasteiger partial charge in [0.2, 0.25) is 0 Å². The molecule has 0 aliphatic rings. The summed E-state index contributed by atoms with van der Waals surface area (Å²) in [6, 6.07) is 16.8. The first-order chi connectivity index (χ1) is 11.1. The number of amides is 1. The van der Waals surface area contributed by atoms with E-state index < -0.39 is 0 Å². The van der Waals surface area contributed by atoms with Crippen LogP contribution >= 0.6 is 11.6 Å². The Balaban J connectivity index is 1.63. The quantitative estimate of drug-likeness (QED) is 0.793. The summed E-state index contributed by atoms with van der Waals surface area (Å²) in [4.78, 5) is 23.3. The molecule has 2 aromatic rings. The van der Waals surface area contributed by atoms with Crippen molar-refractivity contribution in [3.05, 3.63) is 70.7 Å². The lowest BCUT2D eigenvalue weighted by molar-refractivity contribution is -0.148. The number of hydrogen-bond donors (Lipinski definition) is 1. The summed E-state index contributed by atoms with van der Waals surface area (Å²) < 4.78 is 4.96. The number of aryl methyl sites for hydroxylation is 1. The van der Waals surface area contributed by atoms with Crippen LogP contribution in [0.2, 0.25) is 5.02 Å². The Bertz CT molecular complexity index is 641. The molecule has 0 aliphatic carbocycles. The number of rotatable bonds is 7. The maximum Gasteiger partial charge on any atom is 0.306 e. The van der Waals surface area contributed by atoms with Gasteiger partial charge in [0, 0.05) is 18.0 Å². The van der Waals surface area contributed by atoms with Crippen molar-refractivity contribution in [2.45, 2.75) is 19.4 Å². The predicted octanol–water partition coefficient (Wildman–Crippen LogP) is 3.13. The molecule has 0 unspecified atom stereocenters. The van der Waals surface area contributed by atoms with Gasteiger partial charge in [0.25, 0.3) is 5.91 Å². The standard InChI is InChI=1S/C18H18ClNO3/c19-16-9-6-15(7-10-16)12-20-17(21)13-23-18(22)11-8-14-4-2-1-3-5-14/h1-7,9-10H,8,11-13H2,(H,20,21). The topological polar surface area (TPSA) is 55.4 Å². The average Bonchev–Trinajstić information content (AvgIpc) is 2.58. The third-order valence-electron chi connectivity index (χ3n) is 3.23. The number of ether oxygens (including phenoxy) is 1. The molecule has 0 saturated heterocycles. The molecular formula is C18H18ClNO3. The van der Waals surface area contributed by atoms with E-state index in [0.717, 1.165) is 11.1 Å². The van der Waals surface area contributed by atoms with Crippen LogP contribution in [-0.2, 0) is 27.3 Å². The number of esters is 1. The van der Waals surface area contributed by atoms with Crippen LogP contribution in [0, 0.1) is 0 Å². The average molecular weight is 332 g/mol. The van der Waals surface area contributed by atoms with Gasteiger partial charge in [-0.1, -0.05) is 54.1 Å². The number of nitrogens with one attached hydrogen (secondary N) is 1. The number of benzene rings is 2. The van der Waals surface area contributed by atoms with E-state index in [-0.39, 0.29) is 24.9 Å². The normalized spacial score (nSPS) is 10.1. The summed E-state index contributed by atoms with van der Waals surface area (Å²) in [5.41, 5.74) is 2.00. The first kappa shape index (κ1) is 17.0. The van der Waals surface area contributed by atoms with Gasteiger partial charge in [0.15, 0.2) is 6.61 Å². The Morgan fingerprint density at radius 2 is 1.65 bits per heavy atom. The second-order valence-corrected chi connectivity index (χ2v) is 5.49. The zero-order valence-corrected chi connectivity index (χ0v) is 13.4. The van der Waals surface area contributed by atoms with Crippen LogP contribution < -0.4 is 5.32 Å². The molecule has 0 saturated carbocycles. The lowest BCUT2D eigenvalue weighted by Gasteiger charge is -2.07. The number of carbonyl (C=O) groups excluding carboxylic acids is 2. The van der Waals surface area contributed by atoms with E-state index in [4.69, 9.17) is 16.3 Å². The van der Waals surface area contributed by atoms with Crippen LogP contribution in [0.25, 0.3) is 0 Å². The van der Waals surface area contributed by atoms with E-state index in [1.165, 1.54) is 0 Å². The van der Waals surface area contributed by atoms with Gasteiger partial charge in [-0.05, 0) is 29.7 Å². The Labute approximate surface area is 140 Å². The van der Waals surface area contributed by atoms with Crippen LogP contribution in [0.1, 0.15) is 17.5 Å². The molecule has 120 valence electrons. The number of carbonyl (C=O) groups is 2. The van der Waals surface area contributed by atoms with Crippen molar-refractivity contribution < 1.29 is 14.3 Å². The van der Waals surface area contributed by atoms with Gasteiger partial charge >= 0.3 is 5.97 Å². The molecular weight excluding hydrogens is 314 g/mol. The van der Waals surface area contributed by atoms with E-state index in [2.05, 4.69) is 5.32 Å². The molecule has 0 heterocycles. The van der Waals surface area contributed by atoms with Crippen LogP contribution in [0.5, 0.6) is 0 Å². The second-order valence-electron chi connectivity index (χ2n) is 5.05. The van der Waals surface area contributed by atoms with Crippen molar-refractivity contribution in [2.24, 2.45) is 0 Å². The zero-order valence-electron chi connectivity index (χ0n) is 12.6. The van der Waals surface area contributed by atoms with E-state index in [1.54, 1.807) is 12.1 Å². The van der Waals surface area contributed by atoms with Gasteiger partial charge in [0.1, 0.15) is 0 Å². The van der Waals surface area contributed by atoms with E-state index >= 15 is 0 Å². The molecule has 5 heteroatoms. The van der Waals surface area contributed by atoms with Crippen molar-refractivity contribution in [1.82, 2.24) is 5.32 Å². The highest BCUT2D eigenvalue weighted by Crippen LogP contribution is 2.09. The molecule has 4 nitrogen and oxygen atoms in total. The van der Waals surface area contributed by atoms with E-state index in [9.17, 15) is 9.59 Å². The lowest BCUT2D eigenvalue weighted by Crippen LogP contribution is -2.28. The molecule has 1 N–H and O–H groups in total. The molecule has 0 aliphatic heterocycles. The molecule has 0 atom stereocenters. The highest BCUT2D eigenvalue weighted by molar-refractivity contribution is 6.30. The molecule has 23 heavy (non-hydrogen) atoms. The molecule has 2 aromatic carbocycles. The van der Waals surface area contributed by atoms with Crippen LogP contribution in [0.3, 0.4) is 0 Å². The molecule has 1 amide bonds. The monoisotopic (exact) mass is 331 g/mol. The summed E-state index contributed by atoms with van der Waals surface area (Å²) in [6.07, 6.45) is 0.862. The van der Waals surface area contributed by atoms with Crippen LogP contribution in [-0.4, -0.2) is 18.5 Å². The van der Waals surface area contributed by atoms with Crippen LogP contribution in [0.15, 0.2) is 54.6 Å². The van der Waals surface area contributed by atoms with Crippen molar-refractivity contribution in [2.75, 3.05) is 6.61 Å². The highest BCUT2D eigenvalue weighted by atomic mass is 35.5. The minimum Gasteiger partial charge on any atom is -0.456 e. The molecule has 0 bridgehead atoms. The fraction of sp³-hybridized carbons (Fsp3) is 0.222. The Morgan fingerprint density at radius 1 is 0.957 bits per heavy atom. The number of halogens is 1. The van der Waals surface area contributed by atoms with Crippen molar-refractivity contribution >= 4 is 23.5 Å². The molecule has 0 radical (unpaired) electrons. The molecule has 0 spiro atoms. The van der Waals surface area contributed by atoms with Crippen molar-refractivity contribution in [3.8, 4) is 0 Å². The summed E-state index contributed by atoms with van der Waals surface area (Å²) in [6.45, 7) is 0.110. The Kier molecular flexibility index (Phi) is 6.63. The fourth-order valence-corrected chi connectivity index (χ4v) is 2.09. The smallest absolute Gasteiger partial charge is 0.306 e. The second kappa shape index (κ2) is 8.96. The first-order valence-corrected chi connectivity index (χ1v) is 7.72. The van der Waals surface area contributed by atoms with Crippen molar-refractivity contribution in [3.63, 3.8) is 0 Å². The van der Waals surface area contributed by atoms with E-state index in [0.29, 0.717) is 18.0 Å². The van der Waals surface area contributed by atoms with Gasteiger partial charge in [-0.15, -0.1) is 0 Å². The molecule has 2 rings (SSSR count). The van der Waals surface area contributed by atoms with E-state index in [1.807, 2.05) is 42.5 Å². The first-order valence-electron chi connectivity index (χ1n) is 7.34. The van der Waals surface area contributed by atoms with Crippen molar-refractivity contribution in [1.29, 1.82) is 0 Å². The lowest BCUT2D eigenvalue weighted by atomic mass is 10.1. The Morgan fingerprint density at radius 3 is 2.35 bits per heavy atom. The number of hydrogen-bond acceptors (Lipinski definition) is 3. The van der Waals surface area contributed by atoms with Gasteiger partial charge in [-0.3, -0.25) is 9.59 Å². The van der Waals surface area contributed by atoms with Gasteiger partial charge in [-0.2, -0.15) is 0 Å². The summed E-state index contributed by atoms with van der Waals surface area (Å²) >= 11 is 5.79. The fourth-order valence-electron chi connectivity index (χ4n) is 1.96. The third kappa shape index (κ3) is 6.53. The zero-order chi connectivity index (χ0) is 16.5. The summed E-state index contributed by atoms with van der Waals surface area (Å²) in [5, 5.41) is 3.33. The predicted molar refractivity (Wildman–Crippen MR) is 89.0 cm³/mol. The molecule has 0 fully saturated rings. The van der Waals surface area contributed by atoms with Gasteiger partial charge in [-0.25, -0.2) is 0 Å². The minimum absolute atomic E-state index is 0.258. The SMILES string of the molecule is O=C(COC(=O)CCc1ccccc1)NCc1ccc(Cl)cc1. The van der Waals surface area contributed by atoms with Gasteiger partial charge < -0.3 is 10.1 Å². The third-order valence-corrected chi connectivity index (χ3v) is 3.48. The van der Waals surface area contributed by atoms with Gasteiger partial charge in [0.05, 0.1) is 0 Å².